The summed E-state index contributed by atoms with van der Waals surface area (Å²) in [7, 11) is 0. The van der Waals surface area contributed by atoms with E-state index in [2.05, 4.69) is 11.4 Å². The van der Waals surface area contributed by atoms with Gasteiger partial charge in [0.15, 0.2) is 0 Å². The van der Waals surface area contributed by atoms with Crippen LogP contribution < -0.4 is 5.32 Å². The number of carbonyl (C=O) groups excluding carboxylic acids is 1. The number of benzene rings is 2. The Bertz CT molecular complexity index is 802. The van der Waals surface area contributed by atoms with Gasteiger partial charge >= 0.3 is 0 Å². The third-order valence-corrected chi connectivity index (χ3v) is 4.28. The Morgan fingerprint density at radius 2 is 1.73 bits per heavy atom. The SMILES string of the molecule is N#Cc1ccc(C2=NC3C(C(=O)N2)C3c2ccccc2)cc1. The highest BCUT2D eigenvalue weighted by Crippen LogP contribution is 2.51. The fourth-order valence-corrected chi connectivity index (χ4v) is 3.08. The van der Waals surface area contributed by atoms with Crippen LogP contribution in [0.25, 0.3) is 0 Å². The van der Waals surface area contributed by atoms with Gasteiger partial charge in [0.1, 0.15) is 5.84 Å². The maximum Gasteiger partial charge on any atom is 0.231 e. The van der Waals surface area contributed by atoms with E-state index < -0.39 is 0 Å². The Morgan fingerprint density at radius 3 is 2.41 bits per heavy atom. The van der Waals surface area contributed by atoms with E-state index in [1.165, 1.54) is 0 Å². The Balaban J connectivity index is 1.64. The molecule has 2 aromatic carbocycles. The second-order valence-corrected chi connectivity index (χ2v) is 5.61. The molecule has 22 heavy (non-hydrogen) atoms. The minimum Gasteiger partial charge on any atom is -0.310 e. The van der Waals surface area contributed by atoms with Gasteiger partial charge in [0.2, 0.25) is 5.91 Å². The quantitative estimate of drug-likeness (QED) is 0.920. The summed E-state index contributed by atoms with van der Waals surface area (Å²) in [5, 5.41) is 11.7. The average molecular weight is 287 g/mol. The van der Waals surface area contributed by atoms with Crippen LogP contribution in [-0.4, -0.2) is 17.8 Å². The predicted octanol–water partition coefficient (Wildman–Crippen LogP) is 2.22. The van der Waals surface area contributed by atoms with E-state index in [1.807, 2.05) is 42.5 Å². The maximum absolute atomic E-state index is 12.3. The maximum atomic E-state index is 12.3. The summed E-state index contributed by atoms with van der Waals surface area (Å²) in [6.45, 7) is 0. The van der Waals surface area contributed by atoms with Gasteiger partial charge in [-0.15, -0.1) is 0 Å². The number of nitrogens with one attached hydrogen (secondary N) is 1. The van der Waals surface area contributed by atoms with Crippen molar-refractivity contribution in [3.63, 3.8) is 0 Å². The lowest BCUT2D eigenvalue weighted by Gasteiger charge is -2.12. The summed E-state index contributed by atoms with van der Waals surface area (Å²) in [4.78, 5) is 17.0. The van der Waals surface area contributed by atoms with Gasteiger partial charge in [0, 0.05) is 11.5 Å². The van der Waals surface area contributed by atoms with Gasteiger partial charge in [-0.2, -0.15) is 5.26 Å². The molecule has 0 aromatic heterocycles. The van der Waals surface area contributed by atoms with E-state index in [0.29, 0.717) is 11.4 Å². The van der Waals surface area contributed by atoms with Crippen molar-refractivity contribution >= 4 is 11.7 Å². The zero-order valence-electron chi connectivity index (χ0n) is 11.7. The van der Waals surface area contributed by atoms with Crippen molar-refractivity contribution in [2.24, 2.45) is 10.9 Å². The molecule has 2 aromatic rings. The van der Waals surface area contributed by atoms with Crippen LogP contribution in [0.1, 0.15) is 22.6 Å². The lowest BCUT2D eigenvalue weighted by molar-refractivity contribution is -0.121. The van der Waals surface area contributed by atoms with Crippen LogP contribution in [0.2, 0.25) is 0 Å². The number of hydrogen-bond acceptors (Lipinski definition) is 3. The van der Waals surface area contributed by atoms with E-state index in [4.69, 9.17) is 10.3 Å². The molecule has 0 saturated heterocycles. The molecule has 106 valence electrons. The van der Waals surface area contributed by atoms with Crippen LogP contribution in [-0.2, 0) is 4.79 Å². The first kappa shape index (κ1) is 12.8. The van der Waals surface area contributed by atoms with Gasteiger partial charge in [0.05, 0.1) is 23.6 Å². The molecule has 4 rings (SSSR count). The van der Waals surface area contributed by atoms with E-state index in [-0.39, 0.29) is 23.8 Å². The summed E-state index contributed by atoms with van der Waals surface area (Å²) < 4.78 is 0. The molecule has 1 saturated carbocycles. The van der Waals surface area contributed by atoms with Crippen molar-refractivity contribution in [2.45, 2.75) is 12.0 Å². The summed E-state index contributed by atoms with van der Waals surface area (Å²) in [6, 6.07) is 19.3. The summed E-state index contributed by atoms with van der Waals surface area (Å²) in [6.07, 6.45) is 0. The zero-order chi connectivity index (χ0) is 15.1. The zero-order valence-corrected chi connectivity index (χ0v) is 11.7. The third kappa shape index (κ3) is 1.99. The normalized spacial score (nSPS) is 25.5. The monoisotopic (exact) mass is 287 g/mol. The number of fused-ring (bicyclic) bond motifs is 1. The highest BCUT2D eigenvalue weighted by atomic mass is 16.2. The largest absolute Gasteiger partial charge is 0.310 e. The van der Waals surface area contributed by atoms with Crippen molar-refractivity contribution in [1.29, 1.82) is 5.26 Å². The molecule has 3 unspecified atom stereocenters. The van der Waals surface area contributed by atoms with Crippen molar-refractivity contribution < 1.29 is 4.79 Å². The molecule has 4 nitrogen and oxygen atoms in total. The van der Waals surface area contributed by atoms with E-state index in [1.54, 1.807) is 12.1 Å². The van der Waals surface area contributed by atoms with Crippen LogP contribution in [0.5, 0.6) is 0 Å². The van der Waals surface area contributed by atoms with Gasteiger partial charge < -0.3 is 5.32 Å². The number of amides is 1. The number of nitriles is 1. The standard InChI is InChI=1S/C18H13N3O/c19-10-11-6-8-13(9-7-11)17-20-16-14(15(16)18(22)21-17)12-4-2-1-3-5-12/h1-9,14-16H,(H,20,21,22). The second-order valence-electron chi connectivity index (χ2n) is 5.61. The van der Waals surface area contributed by atoms with Gasteiger partial charge in [-0.25, -0.2) is 0 Å². The van der Waals surface area contributed by atoms with Gasteiger partial charge in [-0.1, -0.05) is 30.3 Å². The van der Waals surface area contributed by atoms with Crippen molar-refractivity contribution in [2.75, 3.05) is 0 Å². The van der Waals surface area contributed by atoms with Crippen LogP contribution in [0.15, 0.2) is 59.6 Å². The van der Waals surface area contributed by atoms with Crippen LogP contribution in [0.4, 0.5) is 0 Å². The molecule has 0 spiro atoms. The highest BCUT2D eigenvalue weighted by molar-refractivity contribution is 6.11. The lowest BCUT2D eigenvalue weighted by atomic mass is 10.1. The number of carbonyl (C=O) groups is 1. The molecule has 0 radical (unpaired) electrons. The smallest absolute Gasteiger partial charge is 0.231 e. The predicted molar refractivity (Wildman–Crippen MR) is 82.3 cm³/mol. The molecule has 1 heterocycles. The molecule has 1 N–H and O–H groups in total. The summed E-state index contributed by atoms with van der Waals surface area (Å²) in [5.41, 5.74) is 2.60. The fourth-order valence-electron chi connectivity index (χ4n) is 3.08. The number of aliphatic imine (C=N–C) groups is 1. The molecule has 1 fully saturated rings. The second kappa shape index (κ2) is 4.81. The number of hydrogen-bond donors (Lipinski definition) is 1. The molecule has 1 amide bonds. The first-order chi connectivity index (χ1) is 10.8. The van der Waals surface area contributed by atoms with Gasteiger partial charge in [-0.3, -0.25) is 9.79 Å². The fraction of sp³-hybridized carbons (Fsp3) is 0.167. The Labute approximate surface area is 128 Å². The Kier molecular flexibility index (Phi) is 2.80. The molecule has 4 heteroatoms. The number of nitrogens with zero attached hydrogens (tertiary/aromatic N) is 2. The minimum atomic E-state index is -0.0514. The number of rotatable bonds is 2. The topological polar surface area (TPSA) is 65.2 Å². The van der Waals surface area contributed by atoms with Crippen LogP contribution in [0.3, 0.4) is 0 Å². The average Bonchev–Trinajstić information content (AvgIpc) is 3.31. The molecular formula is C18H13N3O. The van der Waals surface area contributed by atoms with Crippen LogP contribution >= 0.6 is 0 Å². The minimum absolute atomic E-state index is 0.0294. The van der Waals surface area contributed by atoms with E-state index in [9.17, 15) is 4.79 Å². The van der Waals surface area contributed by atoms with Gasteiger partial charge in [-0.05, 0) is 29.8 Å². The summed E-state index contributed by atoms with van der Waals surface area (Å²) >= 11 is 0. The van der Waals surface area contributed by atoms with Crippen LogP contribution in [0, 0.1) is 17.2 Å². The lowest BCUT2D eigenvalue weighted by Crippen LogP contribution is -2.36. The number of amidine groups is 1. The summed E-state index contributed by atoms with van der Waals surface area (Å²) in [5.74, 6) is 0.768. The third-order valence-electron chi connectivity index (χ3n) is 4.28. The molecular weight excluding hydrogens is 274 g/mol. The molecule has 1 aliphatic carbocycles. The Hall–Kier alpha value is -2.93. The molecule has 1 aliphatic heterocycles. The van der Waals surface area contributed by atoms with Crippen molar-refractivity contribution in [3.05, 3.63) is 71.3 Å². The Morgan fingerprint density at radius 1 is 1.00 bits per heavy atom. The first-order valence-electron chi connectivity index (χ1n) is 7.22. The highest BCUT2D eigenvalue weighted by Gasteiger charge is 2.58. The molecule has 3 atom stereocenters. The molecule has 2 aliphatic rings. The van der Waals surface area contributed by atoms with Gasteiger partial charge in [0.25, 0.3) is 0 Å². The van der Waals surface area contributed by atoms with Crippen molar-refractivity contribution in [1.82, 2.24) is 5.32 Å². The van der Waals surface area contributed by atoms with E-state index in [0.717, 1.165) is 11.1 Å². The molecule has 0 bridgehead atoms. The first-order valence-corrected chi connectivity index (χ1v) is 7.22. The van der Waals surface area contributed by atoms with Crippen molar-refractivity contribution in [3.8, 4) is 6.07 Å². The van der Waals surface area contributed by atoms with E-state index >= 15 is 0 Å².